The lowest BCUT2D eigenvalue weighted by atomic mass is 10.1. The maximum atomic E-state index is 13.7. The second-order valence-electron chi connectivity index (χ2n) is 6.64. The van der Waals surface area contributed by atoms with Gasteiger partial charge in [0.2, 0.25) is 0 Å². The predicted molar refractivity (Wildman–Crippen MR) is 102 cm³/mol. The number of halogens is 2. The Labute approximate surface area is 154 Å². The second-order valence-corrected chi connectivity index (χ2v) is 6.64. The second kappa shape index (κ2) is 7.57. The van der Waals surface area contributed by atoms with Crippen LogP contribution in [0.1, 0.15) is 13.8 Å². The third-order valence-corrected chi connectivity index (χ3v) is 3.98. The molecule has 3 aromatic rings. The smallest absolute Gasteiger partial charge is 0.313 e. The van der Waals surface area contributed by atoms with Gasteiger partial charge in [0.1, 0.15) is 11.6 Å². The van der Waals surface area contributed by atoms with Gasteiger partial charge in [0.25, 0.3) is 5.56 Å². The summed E-state index contributed by atoms with van der Waals surface area (Å²) in [6, 6.07) is 8.96. The maximum absolute atomic E-state index is 13.7. The minimum Gasteiger partial charge on any atom is -0.313 e. The predicted octanol–water partition coefficient (Wildman–Crippen LogP) is 4.58. The summed E-state index contributed by atoms with van der Waals surface area (Å²) < 4.78 is 28.5. The van der Waals surface area contributed by atoms with Crippen molar-refractivity contribution in [2.45, 2.75) is 20.4 Å². The van der Waals surface area contributed by atoms with Gasteiger partial charge in [0, 0.05) is 29.6 Å². The number of carbonyl (C=O) groups is 1. The minimum atomic E-state index is -0.749. The van der Waals surface area contributed by atoms with Gasteiger partial charge in [-0.1, -0.05) is 32.0 Å². The molecule has 3 rings (SSSR count). The lowest BCUT2D eigenvalue weighted by Crippen LogP contribution is -2.25. The van der Waals surface area contributed by atoms with E-state index in [1.807, 2.05) is 13.8 Å². The number of nitrogens with zero attached hydrogens (tertiary/aromatic N) is 1. The van der Waals surface area contributed by atoms with E-state index >= 15 is 0 Å². The van der Waals surface area contributed by atoms with Gasteiger partial charge in [-0.05, 0) is 24.1 Å². The van der Waals surface area contributed by atoms with Crippen LogP contribution in [0.25, 0.3) is 10.8 Å². The quantitative estimate of drug-likeness (QED) is 0.705. The fourth-order valence-corrected chi connectivity index (χ4v) is 2.84. The third kappa shape index (κ3) is 4.13. The highest BCUT2D eigenvalue weighted by molar-refractivity contribution is 6.05. The lowest BCUT2D eigenvalue weighted by Gasteiger charge is -2.15. The average molecular weight is 371 g/mol. The van der Waals surface area contributed by atoms with E-state index in [1.165, 1.54) is 4.57 Å². The van der Waals surface area contributed by atoms with Crippen LogP contribution in [0.4, 0.5) is 25.0 Å². The van der Waals surface area contributed by atoms with Crippen molar-refractivity contribution in [1.82, 2.24) is 4.57 Å². The molecule has 0 spiro atoms. The standard InChI is InChI=1S/C20H19F2N3O2/c1-12(2)10-25-11-18(14-5-3-4-6-15(14)19(25)26)24-20(27)23-17-9-13(21)7-8-16(17)22/h3-9,11-12H,10H2,1-2H3,(H2,23,24,27). The summed E-state index contributed by atoms with van der Waals surface area (Å²) in [7, 11) is 0. The fourth-order valence-electron chi connectivity index (χ4n) is 2.84. The first-order valence-electron chi connectivity index (χ1n) is 8.50. The topological polar surface area (TPSA) is 63.1 Å². The average Bonchev–Trinajstić information content (AvgIpc) is 2.62. The highest BCUT2D eigenvalue weighted by Gasteiger charge is 2.13. The minimum absolute atomic E-state index is 0.151. The van der Waals surface area contributed by atoms with Crippen molar-refractivity contribution in [1.29, 1.82) is 0 Å². The Morgan fingerprint density at radius 1 is 1.04 bits per heavy atom. The van der Waals surface area contributed by atoms with Gasteiger partial charge in [-0.25, -0.2) is 13.6 Å². The van der Waals surface area contributed by atoms with Gasteiger partial charge < -0.3 is 15.2 Å². The van der Waals surface area contributed by atoms with Crippen LogP contribution in [0, 0.1) is 17.6 Å². The molecule has 1 heterocycles. The summed E-state index contributed by atoms with van der Waals surface area (Å²) in [5, 5.41) is 5.94. The Hall–Kier alpha value is -3.22. The number of hydrogen-bond acceptors (Lipinski definition) is 2. The molecule has 1 aromatic heterocycles. The first kappa shape index (κ1) is 18.6. The molecule has 0 aliphatic rings. The zero-order valence-corrected chi connectivity index (χ0v) is 14.9. The third-order valence-electron chi connectivity index (χ3n) is 3.98. The van der Waals surface area contributed by atoms with Crippen molar-refractivity contribution in [2.75, 3.05) is 10.6 Å². The summed E-state index contributed by atoms with van der Waals surface area (Å²) in [5.41, 5.74) is -0.0195. The summed E-state index contributed by atoms with van der Waals surface area (Å²) in [5.74, 6) is -1.18. The molecule has 2 amide bonds. The van der Waals surface area contributed by atoms with Crippen LogP contribution in [0.15, 0.2) is 53.5 Å². The number of amides is 2. The highest BCUT2D eigenvalue weighted by atomic mass is 19.1. The van der Waals surface area contributed by atoms with Crippen LogP contribution in [-0.4, -0.2) is 10.6 Å². The molecular weight excluding hydrogens is 352 g/mol. The first-order valence-corrected chi connectivity index (χ1v) is 8.50. The Bertz CT molecular complexity index is 1060. The number of benzene rings is 2. The van der Waals surface area contributed by atoms with Gasteiger partial charge in [-0.2, -0.15) is 0 Å². The van der Waals surface area contributed by atoms with Gasteiger partial charge in [-0.15, -0.1) is 0 Å². The van der Waals surface area contributed by atoms with Gasteiger partial charge >= 0.3 is 6.03 Å². The molecule has 5 nitrogen and oxygen atoms in total. The number of aromatic nitrogens is 1. The summed E-state index contributed by atoms with van der Waals surface area (Å²) in [6.45, 7) is 4.45. The molecule has 27 heavy (non-hydrogen) atoms. The van der Waals surface area contributed by atoms with Crippen LogP contribution in [0.3, 0.4) is 0 Å². The monoisotopic (exact) mass is 371 g/mol. The summed E-state index contributed by atoms with van der Waals surface area (Å²) in [6.07, 6.45) is 1.56. The van der Waals surface area contributed by atoms with Crippen molar-refractivity contribution >= 4 is 28.2 Å². The first-order chi connectivity index (χ1) is 12.8. The molecule has 0 unspecified atom stereocenters. The molecule has 0 aliphatic carbocycles. The van der Waals surface area contributed by atoms with Gasteiger partial charge in [0.15, 0.2) is 0 Å². The molecule has 0 saturated heterocycles. The van der Waals surface area contributed by atoms with E-state index in [9.17, 15) is 18.4 Å². The van der Waals surface area contributed by atoms with Gasteiger partial charge in [0.05, 0.1) is 11.4 Å². The van der Waals surface area contributed by atoms with E-state index in [2.05, 4.69) is 10.6 Å². The van der Waals surface area contributed by atoms with Crippen molar-refractivity contribution in [3.05, 3.63) is 70.6 Å². The molecular formula is C20H19F2N3O2. The number of carbonyl (C=O) groups excluding carboxylic acids is 1. The van der Waals surface area contributed by atoms with E-state index < -0.39 is 17.7 Å². The van der Waals surface area contributed by atoms with Crippen molar-refractivity contribution in [3.63, 3.8) is 0 Å². The van der Waals surface area contributed by atoms with Crippen LogP contribution < -0.4 is 16.2 Å². The fraction of sp³-hybridized carbons (Fsp3) is 0.200. The zero-order chi connectivity index (χ0) is 19.6. The molecule has 2 N–H and O–H groups in total. The van der Waals surface area contributed by atoms with Crippen molar-refractivity contribution in [3.8, 4) is 0 Å². The van der Waals surface area contributed by atoms with Crippen molar-refractivity contribution < 1.29 is 13.6 Å². The number of anilines is 2. The largest absolute Gasteiger partial charge is 0.323 e. The highest BCUT2D eigenvalue weighted by Crippen LogP contribution is 2.22. The van der Waals surface area contributed by atoms with Crippen LogP contribution in [0.2, 0.25) is 0 Å². The number of pyridine rings is 1. The number of fused-ring (bicyclic) bond motifs is 1. The molecule has 140 valence electrons. The molecule has 0 aliphatic heterocycles. The Morgan fingerprint density at radius 3 is 2.41 bits per heavy atom. The summed E-state index contributed by atoms with van der Waals surface area (Å²) >= 11 is 0. The van der Waals surface area contributed by atoms with E-state index in [0.29, 0.717) is 23.0 Å². The number of nitrogens with one attached hydrogen (secondary N) is 2. The molecule has 2 aromatic carbocycles. The van der Waals surface area contributed by atoms with Crippen molar-refractivity contribution in [2.24, 2.45) is 5.92 Å². The maximum Gasteiger partial charge on any atom is 0.323 e. The Balaban J connectivity index is 1.96. The Kier molecular flexibility index (Phi) is 5.21. The number of hydrogen-bond donors (Lipinski definition) is 2. The molecule has 7 heteroatoms. The molecule has 0 saturated carbocycles. The molecule has 0 fully saturated rings. The Morgan fingerprint density at radius 2 is 1.70 bits per heavy atom. The van der Waals surface area contributed by atoms with E-state index in [0.717, 1.165) is 18.2 Å². The lowest BCUT2D eigenvalue weighted by molar-refractivity contribution is 0.262. The number of urea groups is 1. The van der Waals surface area contributed by atoms with E-state index in [1.54, 1.807) is 30.5 Å². The number of rotatable bonds is 4. The molecule has 0 radical (unpaired) electrons. The zero-order valence-electron chi connectivity index (χ0n) is 14.9. The van der Waals surface area contributed by atoms with Crippen LogP contribution in [-0.2, 0) is 6.54 Å². The van der Waals surface area contributed by atoms with E-state index in [4.69, 9.17) is 0 Å². The summed E-state index contributed by atoms with van der Waals surface area (Å²) in [4.78, 5) is 24.9. The van der Waals surface area contributed by atoms with Crippen LogP contribution in [0.5, 0.6) is 0 Å². The molecule has 0 atom stereocenters. The van der Waals surface area contributed by atoms with Gasteiger partial charge in [-0.3, -0.25) is 4.79 Å². The van der Waals surface area contributed by atoms with Crippen LogP contribution >= 0.6 is 0 Å². The van der Waals surface area contributed by atoms with E-state index in [-0.39, 0.29) is 17.2 Å². The SMILES string of the molecule is CC(C)Cn1cc(NC(=O)Nc2cc(F)ccc2F)c2ccccc2c1=O. The molecule has 0 bridgehead atoms. The normalized spacial score (nSPS) is 11.0.